The molecule has 1 N–H and O–H groups in total. The van der Waals surface area contributed by atoms with Gasteiger partial charge in [0, 0.05) is 18.8 Å². The zero-order chi connectivity index (χ0) is 16.2. The molecule has 0 radical (unpaired) electrons. The van der Waals surface area contributed by atoms with Gasteiger partial charge in [-0.3, -0.25) is 9.48 Å². The van der Waals surface area contributed by atoms with Gasteiger partial charge < -0.3 is 5.32 Å². The van der Waals surface area contributed by atoms with Crippen molar-refractivity contribution in [2.75, 3.05) is 5.32 Å². The summed E-state index contributed by atoms with van der Waals surface area (Å²) in [6.45, 7) is 2.46. The molecule has 2 aromatic rings. The molecule has 116 valence electrons. The standard InChI is InChI=1S/C15H14F3N3O/c1-2-21-10-12(9-19-21)20-14(22)8-13(15(16,17)18)11-6-4-3-5-7-11/h3-10H,2H2,1H3,(H,20,22)/b13-8-. The van der Waals surface area contributed by atoms with E-state index in [-0.39, 0.29) is 5.56 Å². The lowest BCUT2D eigenvalue weighted by molar-refractivity contribution is -0.112. The Morgan fingerprint density at radius 2 is 2.00 bits per heavy atom. The van der Waals surface area contributed by atoms with E-state index in [0.29, 0.717) is 18.3 Å². The van der Waals surface area contributed by atoms with E-state index in [9.17, 15) is 18.0 Å². The summed E-state index contributed by atoms with van der Waals surface area (Å²) >= 11 is 0. The molecule has 0 bridgehead atoms. The second-order valence-electron chi connectivity index (χ2n) is 4.50. The summed E-state index contributed by atoms with van der Waals surface area (Å²) in [4.78, 5) is 11.8. The number of benzene rings is 1. The Morgan fingerprint density at radius 1 is 1.32 bits per heavy atom. The molecule has 0 atom stereocenters. The van der Waals surface area contributed by atoms with Crippen LogP contribution in [0.15, 0.2) is 48.8 Å². The largest absolute Gasteiger partial charge is 0.417 e. The topological polar surface area (TPSA) is 46.9 Å². The van der Waals surface area contributed by atoms with Gasteiger partial charge in [0.05, 0.1) is 17.5 Å². The van der Waals surface area contributed by atoms with Crippen molar-refractivity contribution in [3.8, 4) is 0 Å². The molecule has 22 heavy (non-hydrogen) atoms. The Bertz CT molecular complexity index is 675. The number of aryl methyl sites for hydroxylation is 1. The summed E-state index contributed by atoms with van der Waals surface area (Å²) < 4.78 is 40.9. The number of alkyl halides is 3. The Hall–Kier alpha value is -2.57. The average Bonchev–Trinajstić information content (AvgIpc) is 2.92. The first-order valence-corrected chi connectivity index (χ1v) is 6.58. The van der Waals surface area contributed by atoms with Gasteiger partial charge in [0.15, 0.2) is 0 Å². The highest BCUT2D eigenvalue weighted by atomic mass is 19.4. The van der Waals surface area contributed by atoms with Gasteiger partial charge in [-0.05, 0) is 12.5 Å². The van der Waals surface area contributed by atoms with Crippen molar-refractivity contribution in [1.82, 2.24) is 9.78 Å². The van der Waals surface area contributed by atoms with E-state index in [2.05, 4.69) is 10.4 Å². The van der Waals surface area contributed by atoms with Crippen molar-refractivity contribution in [3.05, 3.63) is 54.4 Å². The van der Waals surface area contributed by atoms with E-state index >= 15 is 0 Å². The van der Waals surface area contributed by atoms with E-state index < -0.39 is 17.7 Å². The maximum Gasteiger partial charge on any atom is 0.417 e. The van der Waals surface area contributed by atoms with Crippen molar-refractivity contribution in [3.63, 3.8) is 0 Å². The van der Waals surface area contributed by atoms with Gasteiger partial charge >= 0.3 is 6.18 Å². The van der Waals surface area contributed by atoms with E-state index in [4.69, 9.17) is 0 Å². The van der Waals surface area contributed by atoms with Gasteiger partial charge in [-0.2, -0.15) is 18.3 Å². The number of anilines is 1. The van der Waals surface area contributed by atoms with Crippen LogP contribution >= 0.6 is 0 Å². The minimum atomic E-state index is -4.62. The third kappa shape index (κ3) is 3.97. The van der Waals surface area contributed by atoms with Crippen LogP contribution in [0.3, 0.4) is 0 Å². The maximum absolute atomic E-state index is 13.1. The summed E-state index contributed by atoms with van der Waals surface area (Å²) in [6.07, 6.45) is -1.14. The second-order valence-corrected chi connectivity index (χ2v) is 4.50. The summed E-state index contributed by atoms with van der Waals surface area (Å²) in [5, 5.41) is 6.30. The smallest absolute Gasteiger partial charge is 0.320 e. The molecule has 1 aromatic heterocycles. The lowest BCUT2D eigenvalue weighted by Gasteiger charge is -2.11. The van der Waals surface area contributed by atoms with Gasteiger partial charge in [-0.1, -0.05) is 30.3 Å². The summed E-state index contributed by atoms with van der Waals surface area (Å²) in [6, 6.07) is 7.19. The number of nitrogens with zero attached hydrogens (tertiary/aromatic N) is 2. The first-order valence-electron chi connectivity index (χ1n) is 6.58. The molecule has 7 heteroatoms. The molecular weight excluding hydrogens is 295 g/mol. The van der Waals surface area contributed by atoms with Crippen LogP contribution in [0.5, 0.6) is 0 Å². The van der Waals surface area contributed by atoms with Gasteiger partial charge in [0.25, 0.3) is 0 Å². The quantitative estimate of drug-likeness (QED) is 0.879. The van der Waals surface area contributed by atoms with Crippen molar-refractivity contribution in [1.29, 1.82) is 0 Å². The van der Waals surface area contributed by atoms with Crippen molar-refractivity contribution >= 4 is 17.2 Å². The van der Waals surface area contributed by atoms with E-state index in [1.54, 1.807) is 16.9 Å². The molecule has 1 amide bonds. The molecule has 0 saturated carbocycles. The summed E-state index contributed by atoms with van der Waals surface area (Å²) in [5.74, 6) is -0.855. The maximum atomic E-state index is 13.1. The fourth-order valence-corrected chi connectivity index (χ4v) is 1.86. The molecule has 0 aliphatic heterocycles. The average molecular weight is 309 g/mol. The number of amides is 1. The van der Waals surface area contributed by atoms with E-state index in [1.165, 1.54) is 30.5 Å². The first kappa shape index (κ1) is 15.8. The van der Waals surface area contributed by atoms with Crippen LogP contribution < -0.4 is 5.32 Å². The molecule has 0 fully saturated rings. The Labute approximate surface area is 125 Å². The zero-order valence-electron chi connectivity index (χ0n) is 11.8. The number of carbonyl (C=O) groups excluding carboxylic acids is 1. The lowest BCUT2D eigenvalue weighted by atomic mass is 10.1. The SMILES string of the molecule is CCn1cc(NC(=O)/C=C(/c2ccccc2)C(F)(F)F)cn1. The van der Waals surface area contributed by atoms with Crippen LogP contribution in [-0.2, 0) is 11.3 Å². The predicted octanol–water partition coefficient (Wildman–Crippen LogP) is 3.49. The van der Waals surface area contributed by atoms with Crippen molar-refractivity contribution < 1.29 is 18.0 Å². The lowest BCUT2D eigenvalue weighted by Crippen LogP contribution is -2.15. The van der Waals surface area contributed by atoms with Gasteiger partial charge in [-0.15, -0.1) is 0 Å². The van der Waals surface area contributed by atoms with Crippen LogP contribution in [0, 0.1) is 0 Å². The molecule has 2 rings (SSSR count). The van der Waals surface area contributed by atoms with E-state index in [0.717, 1.165) is 0 Å². The molecule has 0 unspecified atom stereocenters. The summed E-state index contributed by atoms with van der Waals surface area (Å²) in [7, 11) is 0. The third-order valence-electron chi connectivity index (χ3n) is 2.89. The number of carbonyl (C=O) groups is 1. The number of halogens is 3. The second kappa shape index (κ2) is 6.46. The minimum Gasteiger partial charge on any atom is -0.320 e. The van der Waals surface area contributed by atoms with Crippen LogP contribution in [0.25, 0.3) is 5.57 Å². The molecule has 4 nitrogen and oxygen atoms in total. The summed E-state index contributed by atoms with van der Waals surface area (Å²) in [5.41, 5.74) is -0.708. The normalized spacial score (nSPS) is 12.3. The van der Waals surface area contributed by atoms with Crippen molar-refractivity contribution in [2.45, 2.75) is 19.6 Å². The molecule has 1 aromatic carbocycles. The predicted molar refractivity (Wildman–Crippen MR) is 77.0 cm³/mol. The Kier molecular flexibility index (Phi) is 4.65. The van der Waals surface area contributed by atoms with Gasteiger partial charge in [0.2, 0.25) is 5.91 Å². The highest BCUT2D eigenvalue weighted by Crippen LogP contribution is 2.33. The third-order valence-corrected chi connectivity index (χ3v) is 2.89. The van der Waals surface area contributed by atoms with Gasteiger partial charge in [-0.25, -0.2) is 0 Å². The minimum absolute atomic E-state index is 0.0607. The molecular formula is C15H14F3N3O. The number of nitrogens with one attached hydrogen (secondary N) is 1. The fraction of sp³-hybridized carbons (Fsp3) is 0.200. The number of aromatic nitrogens is 2. The van der Waals surface area contributed by atoms with Crippen LogP contribution in [0.2, 0.25) is 0 Å². The molecule has 0 spiro atoms. The van der Waals surface area contributed by atoms with Gasteiger partial charge in [0.1, 0.15) is 0 Å². The molecule has 0 aliphatic carbocycles. The zero-order valence-corrected chi connectivity index (χ0v) is 11.8. The van der Waals surface area contributed by atoms with E-state index in [1.807, 2.05) is 6.92 Å². The number of allylic oxidation sites excluding steroid dienone is 1. The van der Waals surface area contributed by atoms with Crippen LogP contribution in [0.4, 0.5) is 18.9 Å². The first-order chi connectivity index (χ1) is 10.4. The highest BCUT2D eigenvalue weighted by Gasteiger charge is 2.35. The molecule has 0 saturated heterocycles. The van der Waals surface area contributed by atoms with Crippen LogP contribution in [-0.4, -0.2) is 21.9 Å². The Morgan fingerprint density at radius 3 is 2.55 bits per heavy atom. The fourth-order valence-electron chi connectivity index (χ4n) is 1.86. The molecule has 1 heterocycles. The molecule has 0 aliphatic rings. The number of hydrogen-bond acceptors (Lipinski definition) is 2. The number of hydrogen-bond donors (Lipinski definition) is 1. The van der Waals surface area contributed by atoms with Crippen LogP contribution in [0.1, 0.15) is 12.5 Å². The monoisotopic (exact) mass is 309 g/mol. The highest BCUT2D eigenvalue weighted by molar-refractivity contribution is 6.04. The Balaban J connectivity index is 2.24. The number of rotatable bonds is 4. The van der Waals surface area contributed by atoms with Crippen molar-refractivity contribution in [2.24, 2.45) is 0 Å².